The molecule has 0 bridgehead atoms. The van der Waals surface area contributed by atoms with Gasteiger partial charge in [-0.25, -0.2) is 0 Å². The van der Waals surface area contributed by atoms with E-state index >= 15 is 0 Å². The average molecular weight is 217 g/mol. The van der Waals surface area contributed by atoms with E-state index in [1.54, 1.807) is 0 Å². The normalized spacial score (nSPS) is 11.2. The zero-order valence-electron chi connectivity index (χ0n) is 10.2. The summed E-state index contributed by atoms with van der Waals surface area (Å²) in [7, 11) is 2.11. The van der Waals surface area contributed by atoms with E-state index in [2.05, 4.69) is 43.7 Å². The van der Waals surface area contributed by atoms with E-state index < -0.39 is 0 Å². The Morgan fingerprint density at radius 3 is 2.69 bits per heavy atom. The summed E-state index contributed by atoms with van der Waals surface area (Å²) in [6.45, 7) is 4.54. The molecule has 0 amide bonds. The molecule has 1 N–H and O–H groups in total. The van der Waals surface area contributed by atoms with Gasteiger partial charge in [-0.3, -0.25) is 0 Å². The number of rotatable bonds is 3. The van der Waals surface area contributed by atoms with Crippen LogP contribution in [0, 0.1) is 13.8 Å². The summed E-state index contributed by atoms with van der Waals surface area (Å²) in [6.07, 6.45) is 1.80. The molecular weight excluding hydrogens is 198 g/mol. The van der Waals surface area contributed by atoms with Crippen LogP contribution in [0.1, 0.15) is 23.2 Å². The molecule has 16 heavy (non-hydrogen) atoms. The van der Waals surface area contributed by atoms with Crippen LogP contribution in [0.25, 0.3) is 10.9 Å². The Labute approximate surface area is 96.5 Å². The van der Waals surface area contributed by atoms with Crippen LogP contribution in [0.15, 0.2) is 18.2 Å². The van der Waals surface area contributed by atoms with Gasteiger partial charge < -0.3 is 9.67 Å². The van der Waals surface area contributed by atoms with E-state index in [0.29, 0.717) is 0 Å². The zero-order chi connectivity index (χ0) is 11.7. The van der Waals surface area contributed by atoms with Crippen molar-refractivity contribution in [3.8, 4) is 0 Å². The largest absolute Gasteiger partial charge is 0.396 e. The fraction of sp³-hybridized carbons (Fsp3) is 0.429. The summed E-state index contributed by atoms with van der Waals surface area (Å²) >= 11 is 0. The van der Waals surface area contributed by atoms with Crippen LogP contribution in [0.2, 0.25) is 0 Å². The third-order valence-corrected chi connectivity index (χ3v) is 3.36. The Hall–Kier alpha value is -1.28. The van der Waals surface area contributed by atoms with Gasteiger partial charge in [0.15, 0.2) is 0 Å². The lowest BCUT2D eigenvalue weighted by molar-refractivity contribution is 0.288. The minimum absolute atomic E-state index is 0.266. The minimum Gasteiger partial charge on any atom is -0.396 e. The van der Waals surface area contributed by atoms with Gasteiger partial charge in [0.25, 0.3) is 0 Å². The molecule has 1 heterocycles. The number of aryl methyl sites for hydroxylation is 3. The molecule has 0 radical (unpaired) electrons. The summed E-state index contributed by atoms with van der Waals surface area (Å²) in [5.41, 5.74) is 5.28. The van der Waals surface area contributed by atoms with Crippen molar-refractivity contribution in [3.05, 3.63) is 35.0 Å². The Morgan fingerprint density at radius 2 is 2.00 bits per heavy atom. The lowest BCUT2D eigenvalue weighted by Gasteiger charge is -2.00. The second kappa shape index (κ2) is 4.30. The van der Waals surface area contributed by atoms with E-state index in [9.17, 15) is 0 Å². The van der Waals surface area contributed by atoms with Gasteiger partial charge in [0.2, 0.25) is 0 Å². The molecule has 2 heteroatoms. The molecule has 0 saturated carbocycles. The maximum atomic E-state index is 8.95. The highest BCUT2D eigenvalue weighted by molar-refractivity contribution is 5.86. The Bertz CT molecular complexity index is 511. The van der Waals surface area contributed by atoms with Crippen LogP contribution >= 0.6 is 0 Å². The van der Waals surface area contributed by atoms with Crippen LogP contribution in [0.3, 0.4) is 0 Å². The predicted molar refractivity (Wildman–Crippen MR) is 67.8 cm³/mol. The van der Waals surface area contributed by atoms with E-state index in [1.807, 2.05) is 0 Å². The quantitative estimate of drug-likeness (QED) is 0.840. The maximum Gasteiger partial charge on any atom is 0.0482 e. The fourth-order valence-corrected chi connectivity index (χ4v) is 2.33. The molecule has 2 rings (SSSR count). The molecule has 2 aromatic rings. The van der Waals surface area contributed by atoms with E-state index in [0.717, 1.165) is 12.8 Å². The monoisotopic (exact) mass is 217 g/mol. The van der Waals surface area contributed by atoms with Gasteiger partial charge in [0, 0.05) is 30.3 Å². The highest BCUT2D eigenvalue weighted by atomic mass is 16.2. The SMILES string of the molecule is Cc1ccc2c(c1)c(CCCO)c(C)n2C. The Balaban J connectivity index is 2.61. The van der Waals surface area contributed by atoms with Gasteiger partial charge >= 0.3 is 0 Å². The van der Waals surface area contributed by atoms with Crippen LogP contribution in [-0.4, -0.2) is 16.3 Å². The van der Waals surface area contributed by atoms with Crippen LogP contribution in [0.4, 0.5) is 0 Å². The molecule has 0 atom stereocenters. The number of benzene rings is 1. The highest BCUT2D eigenvalue weighted by Gasteiger charge is 2.11. The predicted octanol–water partition coefficient (Wildman–Crippen LogP) is 2.72. The number of aliphatic hydroxyl groups excluding tert-OH is 1. The summed E-state index contributed by atoms with van der Waals surface area (Å²) in [4.78, 5) is 0. The van der Waals surface area contributed by atoms with Gasteiger partial charge in [-0.15, -0.1) is 0 Å². The molecule has 0 aliphatic heterocycles. The van der Waals surface area contributed by atoms with E-state index in [4.69, 9.17) is 5.11 Å². The molecular formula is C14H19NO. The summed E-state index contributed by atoms with van der Waals surface area (Å²) in [5.74, 6) is 0. The van der Waals surface area contributed by atoms with Gasteiger partial charge in [-0.05, 0) is 44.4 Å². The third-order valence-electron chi connectivity index (χ3n) is 3.36. The first-order valence-electron chi connectivity index (χ1n) is 5.80. The molecule has 0 spiro atoms. The van der Waals surface area contributed by atoms with Crippen molar-refractivity contribution in [2.24, 2.45) is 7.05 Å². The van der Waals surface area contributed by atoms with Crippen molar-refractivity contribution in [1.82, 2.24) is 4.57 Å². The van der Waals surface area contributed by atoms with Gasteiger partial charge in [0.1, 0.15) is 0 Å². The van der Waals surface area contributed by atoms with Crippen molar-refractivity contribution < 1.29 is 5.11 Å². The van der Waals surface area contributed by atoms with Crippen LogP contribution < -0.4 is 0 Å². The maximum absolute atomic E-state index is 8.95. The fourth-order valence-electron chi connectivity index (χ4n) is 2.33. The molecule has 0 unspecified atom stereocenters. The number of nitrogens with zero attached hydrogens (tertiary/aromatic N) is 1. The lowest BCUT2D eigenvalue weighted by Crippen LogP contribution is -1.94. The second-order valence-corrected chi connectivity index (χ2v) is 4.47. The molecule has 0 aliphatic rings. The third kappa shape index (κ3) is 1.74. The zero-order valence-corrected chi connectivity index (χ0v) is 10.2. The first-order chi connectivity index (χ1) is 7.65. The average Bonchev–Trinajstić information content (AvgIpc) is 2.50. The smallest absolute Gasteiger partial charge is 0.0482 e. The highest BCUT2D eigenvalue weighted by Crippen LogP contribution is 2.26. The van der Waals surface area contributed by atoms with E-state index in [1.165, 1.54) is 27.7 Å². The number of hydrogen-bond donors (Lipinski definition) is 1. The molecule has 86 valence electrons. The molecule has 1 aromatic heterocycles. The summed E-state index contributed by atoms with van der Waals surface area (Å²) in [6, 6.07) is 6.58. The van der Waals surface area contributed by atoms with E-state index in [-0.39, 0.29) is 6.61 Å². The first-order valence-corrected chi connectivity index (χ1v) is 5.80. The molecule has 2 nitrogen and oxygen atoms in total. The van der Waals surface area contributed by atoms with Crippen molar-refractivity contribution in [2.45, 2.75) is 26.7 Å². The van der Waals surface area contributed by atoms with Crippen LogP contribution in [-0.2, 0) is 13.5 Å². The van der Waals surface area contributed by atoms with Crippen molar-refractivity contribution in [2.75, 3.05) is 6.61 Å². The lowest BCUT2D eigenvalue weighted by atomic mass is 10.0. The molecule has 0 aliphatic carbocycles. The van der Waals surface area contributed by atoms with Crippen LogP contribution in [0.5, 0.6) is 0 Å². The van der Waals surface area contributed by atoms with Gasteiger partial charge in [-0.1, -0.05) is 11.6 Å². The van der Waals surface area contributed by atoms with Crippen molar-refractivity contribution in [3.63, 3.8) is 0 Å². The molecule has 0 saturated heterocycles. The Morgan fingerprint density at radius 1 is 1.25 bits per heavy atom. The summed E-state index contributed by atoms with van der Waals surface area (Å²) < 4.78 is 2.24. The Kier molecular flexibility index (Phi) is 3.01. The molecule has 0 fully saturated rings. The minimum atomic E-state index is 0.266. The summed E-state index contributed by atoms with van der Waals surface area (Å²) in [5, 5.41) is 10.3. The van der Waals surface area contributed by atoms with Crippen molar-refractivity contribution in [1.29, 1.82) is 0 Å². The molecule has 1 aromatic carbocycles. The van der Waals surface area contributed by atoms with Crippen molar-refractivity contribution >= 4 is 10.9 Å². The second-order valence-electron chi connectivity index (χ2n) is 4.47. The topological polar surface area (TPSA) is 25.2 Å². The standard InChI is InChI=1S/C14H19NO/c1-10-6-7-14-13(9-10)12(5-4-8-16)11(2)15(14)3/h6-7,9,16H,4-5,8H2,1-3H3. The van der Waals surface area contributed by atoms with Gasteiger partial charge in [-0.2, -0.15) is 0 Å². The number of aromatic nitrogens is 1. The number of fused-ring (bicyclic) bond motifs is 1. The van der Waals surface area contributed by atoms with Gasteiger partial charge in [0.05, 0.1) is 0 Å². The number of aliphatic hydroxyl groups is 1. The first kappa shape index (κ1) is 11.2. The number of hydrogen-bond acceptors (Lipinski definition) is 1.